The van der Waals surface area contributed by atoms with Crippen LogP contribution < -0.4 is 10.4 Å². The van der Waals surface area contributed by atoms with Crippen molar-refractivity contribution in [3.05, 3.63) is 52.9 Å². The van der Waals surface area contributed by atoms with Crippen LogP contribution in [0.2, 0.25) is 0 Å². The number of unbranched alkanes of at least 4 members (excludes halogenated alkanes) is 1. The summed E-state index contributed by atoms with van der Waals surface area (Å²) in [6.45, 7) is 2.39. The molecule has 3 N–H and O–H groups in total. The fourth-order valence-corrected chi connectivity index (χ4v) is 5.06. The van der Waals surface area contributed by atoms with Gasteiger partial charge in [0.25, 0.3) is 10.0 Å². The van der Waals surface area contributed by atoms with E-state index in [9.17, 15) is 21.6 Å². The molecular formula is C18H22N4O5S2. The highest BCUT2D eigenvalue weighted by molar-refractivity contribution is 7.92. The number of nitrogens with zero attached hydrogens (tertiary/aromatic N) is 1. The van der Waals surface area contributed by atoms with Crippen molar-refractivity contribution in [3.8, 4) is 0 Å². The van der Waals surface area contributed by atoms with Gasteiger partial charge < -0.3 is 9.97 Å². The van der Waals surface area contributed by atoms with Gasteiger partial charge in [-0.15, -0.1) is 0 Å². The molecule has 1 heterocycles. The van der Waals surface area contributed by atoms with Gasteiger partial charge >= 0.3 is 5.69 Å². The second-order valence-electron chi connectivity index (χ2n) is 6.60. The van der Waals surface area contributed by atoms with E-state index in [1.807, 2.05) is 6.92 Å². The van der Waals surface area contributed by atoms with Gasteiger partial charge in [0.1, 0.15) is 0 Å². The van der Waals surface area contributed by atoms with Crippen LogP contribution in [0.15, 0.2) is 57.1 Å². The Labute approximate surface area is 168 Å². The lowest BCUT2D eigenvalue weighted by atomic mass is 10.3. The Bertz CT molecular complexity index is 1280. The topological polar surface area (TPSA) is 132 Å². The molecule has 0 bridgehead atoms. The number of hydrogen-bond acceptors (Lipinski definition) is 5. The summed E-state index contributed by atoms with van der Waals surface area (Å²) in [4.78, 5) is 16.4. The van der Waals surface area contributed by atoms with Crippen LogP contribution in [0.1, 0.15) is 19.8 Å². The lowest BCUT2D eigenvalue weighted by Gasteiger charge is -2.17. The minimum Gasteiger partial charge on any atom is -0.306 e. The summed E-state index contributed by atoms with van der Waals surface area (Å²) in [6, 6.07) is 9.73. The second kappa shape index (κ2) is 8.01. The number of sulfonamides is 2. The molecule has 29 heavy (non-hydrogen) atoms. The van der Waals surface area contributed by atoms with Gasteiger partial charge in [-0.05, 0) is 48.9 Å². The average molecular weight is 439 g/mol. The Kier molecular flexibility index (Phi) is 5.82. The van der Waals surface area contributed by atoms with Crippen LogP contribution >= 0.6 is 0 Å². The van der Waals surface area contributed by atoms with Gasteiger partial charge in [0.05, 0.1) is 20.8 Å². The lowest BCUT2D eigenvalue weighted by molar-refractivity contribution is 0.459. The van der Waals surface area contributed by atoms with Crippen LogP contribution in [-0.2, 0) is 20.0 Å². The highest BCUT2D eigenvalue weighted by atomic mass is 32.2. The standard InChI is InChI=1S/C18H22N4O5S2/c1-3-4-11-22(2)29(26,27)14-7-5-13(6-8-14)21-28(24,25)15-9-10-16-17(12-15)20-18(23)19-16/h5-10,12,21H,3-4,11H2,1-2H3,(H2,19,20,23). The monoisotopic (exact) mass is 438 g/mol. The summed E-state index contributed by atoms with van der Waals surface area (Å²) >= 11 is 0. The van der Waals surface area contributed by atoms with E-state index in [-0.39, 0.29) is 15.5 Å². The van der Waals surface area contributed by atoms with Gasteiger partial charge in [-0.25, -0.2) is 25.9 Å². The second-order valence-corrected chi connectivity index (χ2v) is 10.3. The molecule has 2 aromatic carbocycles. The van der Waals surface area contributed by atoms with Gasteiger partial charge in [0.15, 0.2) is 0 Å². The molecular weight excluding hydrogens is 416 g/mol. The number of H-pyrrole nitrogens is 2. The molecule has 0 radical (unpaired) electrons. The maximum absolute atomic E-state index is 12.6. The summed E-state index contributed by atoms with van der Waals surface area (Å²) in [5.41, 5.74) is 0.663. The summed E-state index contributed by atoms with van der Waals surface area (Å²) < 4.78 is 54.0. The molecule has 0 fully saturated rings. The Morgan fingerprint density at radius 1 is 0.931 bits per heavy atom. The van der Waals surface area contributed by atoms with E-state index >= 15 is 0 Å². The summed E-state index contributed by atoms with van der Waals surface area (Å²) in [7, 11) is -6.03. The van der Waals surface area contributed by atoms with Crippen LogP contribution in [0.4, 0.5) is 5.69 Å². The highest BCUT2D eigenvalue weighted by Gasteiger charge is 2.21. The Hall–Kier alpha value is -2.63. The average Bonchev–Trinajstić information content (AvgIpc) is 3.05. The van der Waals surface area contributed by atoms with Crippen LogP contribution in [-0.4, -0.2) is 44.7 Å². The van der Waals surface area contributed by atoms with Gasteiger partial charge in [-0.3, -0.25) is 4.72 Å². The van der Waals surface area contributed by atoms with Crippen molar-refractivity contribution in [1.29, 1.82) is 0 Å². The fraction of sp³-hybridized carbons (Fsp3) is 0.278. The zero-order valence-electron chi connectivity index (χ0n) is 16.0. The van der Waals surface area contributed by atoms with E-state index in [1.165, 1.54) is 53.8 Å². The fourth-order valence-electron chi connectivity index (χ4n) is 2.77. The van der Waals surface area contributed by atoms with Crippen molar-refractivity contribution in [3.63, 3.8) is 0 Å². The minimum atomic E-state index is -3.92. The lowest BCUT2D eigenvalue weighted by Crippen LogP contribution is -2.27. The predicted molar refractivity (Wildman–Crippen MR) is 111 cm³/mol. The number of aromatic nitrogens is 2. The van der Waals surface area contributed by atoms with Crippen LogP contribution in [0.5, 0.6) is 0 Å². The first-order valence-corrected chi connectivity index (χ1v) is 11.9. The molecule has 0 atom stereocenters. The molecule has 0 aliphatic carbocycles. The zero-order valence-corrected chi connectivity index (χ0v) is 17.6. The quantitative estimate of drug-likeness (QED) is 0.495. The van der Waals surface area contributed by atoms with E-state index < -0.39 is 25.7 Å². The van der Waals surface area contributed by atoms with Crippen LogP contribution in [0, 0.1) is 0 Å². The van der Waals surface area contributed by atoms with Gasteiger partial charge in [0, 0.05) is 19.3 Å². The molecule has 0 saturated carbocycles. The Balaban J connectivity index is 1.81. The number of hydrogen-bond donors (Lipinski definition) is 3. The summed E-state index contributed by atoms with van der Waals surface area (Å²) in [5.74, 6) is 0. The van der Waals surface area contributed by atoms with Crippen molar-refractivity contribution in [1.82, 2.24) is 14.3 Å². The number of fused-ring (bicyclic) bond motifs is 1. The van der Waals surface area contributed by atoms with E-state index in [4.69, 9.17) is 0 Å². The Morgan fingerprint density at radius 3 is 2.21 bits per heavy atom. The molecule has 156 valence electrons. The zero-order chi connectivity index (χ0) is 21.2. The van der Waals surface area contributed by atoms with Crippen LogP contribution in [0.25, 0.3) is 11.0 Å². The number of rotatable bonds is 8. The van der Waals surface area contributed by atoms with Crippen molar-refractivity contribution < 1.29 is 16.8 Å². The van der Waals surface area contributed by atoms with E-state index in [0.29, 0.717) is 17.6 Å². The molecule has 0 unspecified atom stereocenters. The third kappa shape index (κ3) is 4.52. The van der Waals surface area contributed by atoms with Gasteiger partial charge in [-0.2, -0.15) is 0 Å². The minimum absolute atomic E-state index is 0.0313. The number of benzene rings is 2. The smallest absolute Gasteiger partial charge is 0.306 e. The summed E-state index contributed by atoms with van der Waals surface area (Å²) in [5, 5.41) is 0. The largest absolute Gasteiger partial charge is 0.323 e. The maximum atomic E-state index is 12.6. The van der Waals surface area contributed by atoms with Crippen molar-refractivity contribution in [2.75, 3.05) is 18.3 Å². The van der Waals surface area contributed by atoms with E-state index in [0.717, 1.165) is 12.8 Å². The van der Waals surface area contributed by atoms with Gasteiger partial charge in [0.2, 0.25) is 10.0 Å². The number of nitrogens with one attached hydrogen (secondary N) is 3. The van der Waals surface area contributed by atoms with E-state index in [1.54, 1.807) is 0 Å². The van der Waals surface area contributed by atoms with Crippen molar-refractivity contribution >= 4 is 36.8 Å². The molecule has 1 aromatic heterocycles. The SMILES string of the molecule is CCCCN(C)S(=O)(=O)c1ccc(NS(=O)(=O)c2ccc3[nH]c(=O)[nH]c3c2)cc1. The maximum Gasteiger partial charge on any atom is 0.323 e. The van der Waals surface area contributed by atoms with Gasteiger partial charge in [-0.1, -0.05) is 13.3 Å². The first-order chi connectivity index (χ1) is 13.6. The predicted octanol–water partition coefficient (Wildman–Crippen LogP) is 2.08. The third-order valence-electron chi connectivity index (χ3n) is 4.44. The first kappa shape index (κ1) is 21.1. The molecule has 3 rings (SSSR count). The first-order valence-electron chi connectivity index (χ1n) is 8.95. The van der Waals surface area contributed by atoms with Crippen LogP contribution in [0.3, 0.4) is 0 Å². The van der Waals surface area contributed by atoms with Crippen molar-refractivity contribution in [2.45, 2.75) is 29.6 Å². The molecule has 0 saturated heterocycles. The van der Waals surface area contributed by atoms with E-state index in [2.05, 4.69) is 14.7 Å². The molecule has 0 aliphatic heterocycles. The molecule has 0 aliphatic rings. The molecule has 0 amide bonds. The number of anilines is 1. The highest BCUT2D eigenvalue weighted by Crippen LogP contribution is 2.22. The normalized spacial score (nSPS) is 12.5. The Morgan fingerprint density at radius 2 is 1.55 bits per heavy atom. The molecule has 3 aromatic rings. The summed E-state index contributed by atoms with van der Waals surface area (Å²) in [6.07, 6.45) is 1.63. The number of imidazole rings is 1. The number of aromatic amines is 2. The molecule has 11 heteroatoms. The van der Waals surface area contributed by atoms with Crippen molar-refractivity contribution in [2.24, 2.45) is 0 Å². The molecule has 0 spiro atoms. The third-order valence-corrected chi connectivity index (χ3v) is 7.69. The molecule has 9 nitrogen and oxygen atoms in total.